The summed E-state index contributed by atoms with van der Waals surface area (Å²) >= 11 is 1.76. The van der Waals surface area contributed by atoms with Gasteiger partial charge in [-0.15, -0.1) is 11.8 Å². The highest BCUT2D eigenvalue weighted by atomic mass is 32.2. The average molecular weight is 287 g/mol. The second-order valence-electron chi connectivity index (χ2n) is 4.37. The standard InChI is InChI=1S/C16H17NO2S/c1-13(18)19-11-16(15-5-3-2-4-6-15)20-12-14-7-9-17-10-8-14/h2-10,16H,11-12H2,1H3. The smallest absolute Gasteiger partial charge is 0.302 e. The second-order valence-corrected chi connectivity index (χ2v) is 5.56. The third-order valence-corrected chi connectivity index (χ3v) is 4.12. The van der Waals surface area contributed by atoms with Gasteiger partial charge in [0.2, 0.25) is 0 Å². The number of benzene rings is 1. The predicted octanol–water partition coefficient (Wildman–Crippen LogP) is 3.62. The fraction of sp³-hybridized carbons (Fsp3) is 0.250. The topological polar surface area (TPSA) is 39.2 Å². The Labute approximate surface area is 123 Å². The quantitative estimate of drug-likeness (QED) is 0.761. The summed E-state index contributed by atoms with van der Waals surface area (Å²) in [6.07, 6.45) is 3.58. The van der Waals surface area contributed by atoms with Crippen LogP contribution in [-0.4, -0.2) is 17.6 Å². The molecule has 0 bridgehead atoms. The van der Waals surface area contributed by atoms with E-state index in [0.29, 0.717) is 6.61 Å². The van der Waals surface area contributed by atoms with Crippen molar-refractivity contribution in [3.8, 4) is 0 Å². The average Bonchev–Trinajstić information content (AvgIpc) is 2.49. The number of rotatable bonds is 6. The number of nitrogens with zero attached hydrogens (tertiary/aromatic N) is 1. The van der Waals surface area contributed by atoms with Crippen molar-refractivity contribution in [3.05, 3.63) is 66.0 Å². The van der Waals surface area contributed by atoms with Gasteiger partial charge in [-0.2, -0.15) is 0 Å². The Morgan fingerprint density at radius 1 is 1.20 bits per heavy atom. The van der Waals surface area contributed by atoms with Crippen LogP contribution in [0.15, 0.2) is 54.9 Å². The Morgan fingerprint density at radius 3 is 2.55 bits per heavy atom. The number of ether oxygens (including phenoxy) is 1. The lowest BCUT2D eigenvalue weighted by Gasteiger charge is -2.16. The van der Waals surface area contributed by atoms with Crippen LogP contribution >= 0.6 is 11.8 Å². The van der Waals surface area contributed by atoms with E-state index in [4.69, 9.17) is 4.74 Å². The molecule has 1 aromatic carbocycles. The van der Waals surface area contributed by atoms with Crippen molar-refractivity contribution >= 4 is 17.7 Å². The van der Waals surface area contributed by atoms with Gasteiger partial charge in [0, 0.05) is 25.1 Å². The SMILES string of the molecule is CC(=O)OCC(SCc1ccncc1)c1ccccc1. The van der Waals surface area contributed by atoms with Crippen LogP contribution in [0.1, 0.15) is 23.3 Å². The molecule has 4 heteroatoms. The lowest BCUT2D eigenvalue weighted by atomic mass is 10.1. The number of aromatic nitrogens is 1. The molecule has 2 rings (SSSR count). The van der Waals surface area contributed by atoms with Crippen molar-refractivity contribution in [2.75, 3.05) is 6.61 Å². The molecule has 0 aliphatic heterocycles. The maximum atomic E-state index is 11.0. The zero-order chi connectivity index (χ0) is 14.2. The lowest BCUT2D eigenvalue weighted by Crippen LogP contribution is -2.08. The summed E-state index contributed by atoms with van der Waals surface area (Å²) in [7, 11) is 0. The van der Waals surface area contributed by atoms with Gasteiger partial charge in [-0.05, 0) is 23.3 Å². The van der Waals surface area contributed by atoms with Gasteiger partial charge in [0.25, 0.3) is 0 Å². The number of hydrogen-bond acceptors (Lipinski definition) is 4. The van der Waals surface area contributed by atoms with E-state index in [2.05, 4.69) is 17.1 Å². The zero-order valence-corrected chi connectivity index (χ0v) is 12.2. The number of carbonyl (C=O) groups excluding carboxylic acids is 1. The van der Waals surface area contributed by atoms with E-state index in [1.165, 1.54) is 18.1 Å². The molecule has 0 spiro atoms. The first-order valence-corrected chi connectivity index (χ1v) is 7.49. The monoisotopic (exact) mass is 287 g/mol. The molecule has 20 heavy (non-hydrogen) atoms. The van der Waals surface area contributed by atoms with E-state index in [0.717, 1.165) is 5.75 Å². The minimum Gasteiger partial charge on any atom is -0.464 e. The maximum absolute atomic E-state index is 11.0. The Bertz CT molecular complexity index is 531. The van der Waals surface area contributed by atoms with Crippen molar-refractivity contribution in [1.82, 2.24) is 4.98 Å². The number of pyridine rings is 1. The summed E-state index contributed by atoms with van der Waals surface area (Å²) in [5.74, 6) is 0.624. The van der Waals surface area contributed by atoms with Crippen molar-refractivity contribution in [2.24, 2.45) is 0 Å². The number of esters is 1. The molecule has 0 N–H and O–H groups in total. The van der Waals surface area contributed by atoms with Crippen LogP contribution in [-0.2, 0) is 15.3 Å². The highest BCUT2D eigenvalue weighted by molar-refractivity contribution is 7.98. The Kier molecular flexibility index (Phi) is 5.62. The number of hydrogen-bond donors (Lipinski definition) is 0. The molecular formula is C16H17NO2S. The van der Waals surface area contributed by atoms with E-state index >= 15 is 0 Å². The molecule has 0 radical (unpaired) electrons. The van der Waals surface area contributed by atoms with Gasteiger partial charge in [0.05, 0.1) is 5.25 Å². The summed E-state index contributed by atoms with van der Waals surface area (Å²) in [5, 5.41) is 0.147. The lowest BCUT2D eigenvalue weighted by molar-refractivity contribution is -0.140. The van der Waals surface area contributed by atoms with Crippen LogP contribution in [0.3, 0.4) is 0 Å². The van der Waals surface area contributed by atoms with Gasteiger partial charge in [0.15, 0.2) is 0 Å². The van der Waals surface area contributed by atoms with E-state index < -0.39 is 0 Å². The van der Waals surface area contributed by atoms with E-state index in [1.54, 1.807) is 24.2 Å². The molecule has 0 amide bonds. The third kappa shape index (κ3) is 4.70. The molecule has 0 fully saturated rings. The summed E-state index contributed by atoms with van der Waals surface area (Å²) in [4.78, 5) is 15.0. The minimum absolute atomic E-state index is 0.147. The van der Waals surface area contributed by atoms with Crippen LogP contribution in [0.2, 0.25) is 0 Å². The van der Waals surface area contributed by atoms with Crippen molar-refractivity contribution in [1.29, 1.82) is 0 Å². The molecule has 1 atom stereocenters. The largest absolute Gasteiger partial charge is 0.464 e. The minimum atomic E-state index is -0.240. The second kappa shape index (κ2) is 7.70. The predicted molar refractivity (Wildman–Crippen MR) is 81.3 cm³/mol. The summed E-state index contributed by atoms with van der Waals surface area (Å²) in [6.45, 7) is 1.84. The molecule has 104 valence electrons. The maximum Gasteiger partial charge on any atom is 0.302 e. The fourth-order valence-corrected chi connectivity index (χ4v) is 2.88. The molecule has 1 unspecified atom stereocenters. The van der Waals surface area contributed by atoms with Crippen LogP contribution in [0.5, 0.6) is 0 Å². The number of carbonyl (C=O) groups is 1. The normalized spacial score (nSPS) is 11.8. The van der Waals surface area contributed by atoms with Gasteiger partial charge in [0.1, 0.15) is 6.61 Å². The van der Waals surface area contributed by atoms with Crippen molar-refractivity contribution in [3.63, 3.8) is 0 Å². The number of thioether (sulfide) groups is 1. The molecule has 2 aromatic rings. The van der Waals surface area contributed by atoms with E-state index in [-0.39, 0.29) is 11.2 Å². The Balaban J connectivity index is 2.01. The molecule has 0 saturated heterocycles. The van der Waals surface area contributed by atoms with Gasteiger partial charge in [-0.1, -0.05) is 30.3 Å². The molecule has 1 aromatic heterocycles. The van der Waals surface area contributed by atoms with Crippen LogP contribution < -0.4 is 0 Å². The first-order valence-electron chi connectivity index (χ1n) is 6.44. The highest BCUT2D eigenvalue weighted by Crippen LogP contribution is 2.31. The highest BCUT2D eigenvalue weighted by Gasteiger charge is 2.13. The summed E-state index contributed by atoms with van der Waals surface area (Å²) < 4.78 is 5.17. The van der Waals surface area contributed by atoms with Gasteiger partial charge >= 0.3 is 5.97 Å². The molecule has 0 aliphatic carbocycles. The van der Waals surface area contributed by atoms with Crippen molar-refractivity contribution < 1.29 is 9.53 Å². The van der Waals surface area contributed by atoms with Gasteiger partial charge in [-0.25, -0.2) is 0 Å². The van der Waals surface area contributed by atoms with E-state index in [1.807, 2.05) is 30.3 Å². The Hall–Kier alpha value is -1.81. The van der Waals surface area contributed by atoms with Crippen LogP contribution in [0, 0.1) is 0 Å². The van der Waals surface area contributed by atoms with Crippen molar-refractivity contribution in [2.45, 2.75) is 17.9 Å². The zero-order valence-electron chi connectivity index (χ0n) is 11.4. The van der Waals surface area contributed by atoms with Gasteiger partial charge in [-0.3, -0.25) is 9.78 Å². The first-order chi connectivity index (χ1) is 9.75. The molecular weight excluding hydrogens is 270 g/mol. The van der Waals surface area contributed by atoms with E-state index in [9.17, 15) is 4.79 Å². The summed E-state index contributed by atoms with van der Waals surface area (Å²) in [5.41, 5.74) is 2.39. The van der Waals surface area contributed by atoms with Crippen LogP contribution in [0.4, 0.5) is 0 Å². The fourth-order valence-electron chi connectivity index (χ4n) is 1.78. The third-order valence-electron chi connectivity index (χ3n) is 2.81. The van der Waals surface area contributed by atoms with Gasteiger partial charge < -0.3 is 4.74 Å². The molecule has 0 saturated carbocycles. The Morgan fingerprint density at radius 2 is 1.90 bits per heavy atom. The molecule has 1 heterocycles. The van der Waals surface area contributed by atoms with Crippen LogP contribution in [0.25, 0.3) is 0 Å². The first kappa shape index (κ1) is 14.6. The molecule has 0 aliphatic rings. The molecule has 3 nitrogen and oxygen atoms in total. The summed E-state index contributed by atoms with van der Waals surface area (Å²) in [6, 6.07) is 14.1.